The van der Waals surface area contributed by atoms with Gasteiger partial charge in [0.2, 0.25) is 5.76 Å². The average molecular weight is 333 g/mol. The number of amides is 1. The second-order valence-electron chi connectivity index (χ2n) is 6.01. The van der Waals surface area contributed by atoms with E-state index in [0.717, 1.165) is 32.5 Å². The van der Waals surface area contributed by atoms with Gasteiger partial charge in [-0.3, -0.25) is 9.69 Å². The lowest BCUT2D eigenvalue weighted by atomic mass is 10.0. The third-order valence-electron chi connectivity index (χ3n) is 4.55. The number of thiophene rings is 1. The molecule has 122 valence electrons. The molecule has 0 radical (unpaired) electrons. The van der Waals surface area contributed by atoms with E-state index in [1.54, 1.807) is 17.4 Å². The second kappa shape index (κ2) is 6.43. The summed E-state index contributed by atoms with van der Waals surface area (Å²) in [5.74, 6) is 0.0208. The number of nitrogens with one attached hydrogen (secondary N) is 1. The minimum atomic E-state index is -0.224. The highest BCUT2D eigenvalue weighted by molar-refractivity contribution is 7.09. The van der Waals surface area contributed by atoms with E-state index in [0.29, 0.717) is 6.04 Å². The van der Waals surface area contributed by atoms with Crippen LogP contribution in [0.3, 0.4) is 0 Å². The highest BCUT2D eigenvalue weighted by Gasteiger charge is 2.44. The number of nitrogens with zero attached hydrogens (tertiary/aromatic N) is 2. The van der Waals surface area contributed by atoms with Crippen molar-refractivity contribution < 1.29 is 14.1 Å². The molecular weight excluding hydrogens is 314 g/mol. The number of likely N-dealkylation sites (tertiary alicyclic amines) is 1. The first-order valence-corrected chi connectivity index (χ1v) is 8.79. The van der Waals surface area contributed by atoms with E-state index < -0.39 is 0 Å². The number of rotatable bonds is 4. The Labute approximate surface area is 138 Å². The summed E-state index contributed by atoms with van der Waals surface area (Å²) in [6.45, 7) is 2.48. The van der Waals surface area contributed by atoms with Gasteiger partial charge in [-0.2, -0.15) is 0 Å². The summed E-state index contributed by atoms with van der Waals surface area (Å²) in [5.41, 5.74) is 0. The first-order chi connectivity index (χ1) is 11.3. The highest BCUT2D eigenvalue weighted by atomic mass is 32.1. The fourth-order valence-electron chi connectivity index (χ4n) is 3.54. The zero-order chi connectivity index (χ0) is 15.6. The maximum absolute atomic E-state index is 12.2. The summed E-state index contributed by atoms with van der Waals surface area (Å²) in [4.78, 5) is 16.0. The molecule has 4 heterocycles. The van der Waals surface area contributed by atoms with Crippen LogP contribution in [0.1, 0.15) is 28.3 Å². The number of hydrogen-bond acceptors (Lipinski definition) is 6. The van der Waals surface area contributed by atoms with Gasteiger partial charge in [-0.15, -0.1) is 11.3 Å². The summed E-state index contributed by atoms with van der Waals surface area (Å²) >= 11 is 1.77. The third-order valence-corrected chi connectivity index (χ3v) is 5.41. The molecule has 2 aromatic heterocycles. The number of ether oxygens (including phenoxy) is 1. The van der Waals surface area contributed by atoms with Crippen LogP contribution < -0.4 is 5.32 Å². The topological polar surface area (TPSA) is 67.6 Å². The zero-order valence-electron chi connectivity index (χ0n) is 12.7. The van der Waals surface area contributed by atoms with Gasteiger partial charge in [0.1, 0.15) is 0 Å². The molecule has 1 amide bonds. The lowest BCUT2D eigenvalue weighted by Crippen LogP contribution is -2.47. The van der Waals surface area contributed by atoms with E-state index in [9.17, 15) is 4.79 Å². The molecule has 2 fully saturated rings. The number of carbonyl (C=O) groups is 1. The predicted octanol–water partition coefficient (Wildman–Crippen LogP) is 1.90. The van der Waals surface area contributed by atoms with E-state index >= 15 is 0 Å². The SMILES string of the molecule is O=C(N[C@@H]1CN(Cc2cccs2)[C@H]2CCCO[C@@H]12)c1ccno1. The summed E-state index contributed by atoms with van der Waals surface area (Å²) in [7, 11) is 0. The fraction of sp³-hybridized carbons (Fsp3) is 0.500. The second-order valence-corrected chi connectivity index (χ2v) is 7.04. The maximum atomic E-state index is 12.2. The number of hydrogen-bond donors (Lipinski definition) is 1. The molecule has 6 nitrogen and oxygen atoms in total. The molecule has 0 saturated carbocycles. The minimum Gasteiger partial charge on any atom is -0.374 e. The van der Waals surface area contributed by atoms with Crippen LogP contribution in [0.2, 0.25) is 0 Å². The quantitative estimate of drug-likeness (QED) is 0.925. The van der Waals surface area contributed by atoms with E-state index in [-0.39, 0.29) is 23.8 Å². The van der Waals surface area contributed by atoms with Crippen molar-refractivity contribution >= 4 is 17.2 Å². The van der Waals surface area contributed by atoms with Crippen LogP contribution >= 0.6 is 11.3 Å². The number of aromatic nitrogens is 1. The lowest BCUT2D eigenvalue weighted by molar-refractivity contribution is -0.0211. The molecule has 2 aromatic rings. The van der Waals surface area contributed by atoms with Gasteiger partial charge in [0.15, 0.2) is 0 Å². The van der Waals surface area contributed by atoms with Crippen molar-refractivity contribution in [2.75, 3.05) is 13.2 Å². The molecule has 2 saturated heterocycles. The van der Waals surface area contributed by atoms with E-state index in [1.807, 2.05) is 0 Å². The van der Waals surface area contributed by atoms with E-state index in [1.165, 1.54) is 11.1 Å². The Morgan fingerprint density at radius 3 is 3.22 bits per heavy atom. The molecule has 7 heteroatoms. The fourth-order valence-corrected chi connectivity index (χ4v) is 4.27. The molecule has 0 unspecified atom stereocenters. The zero-order valence-corrected chi connectivity index (χ0v) is 13.5. The molecule has 0 aromatic carbocycles. The maximum Gasteiger partial charge on any atom is 0.290 e. The van der Waals surface area contributed by atoms with Crippen LogP contribution in [0.25, 0.3) is 0 Å². The van der Waals surface area contributed by atoms with Crippen LogP contribution in [0.5, 0.6) is 0 Å². The predicted molar refractivity (Wildman–Crippen MR) is 85.2 cm³/mol. The van der Waals surface area contributed by atoms with Crippen molar-refractivity contribution in [1.29, 1.82) is 0 Å². The standard InChI is InChI=1S/C16H19N3O3S/c20-16(14-5-6-17-22-14)18-12-10-19(9-11-3-2-8-23-11)13-4-1-7-21-15(12)13/h2-3,5-6,8,12-13,15H,1,4,7,9-10H2,(H,18,20)/t12-,13+,15+/m1/s1. The van der Waals surface area contributed by atoms with Crippen LogP contribution in [-0.2, 0) is 11.3 Å². The first kappa shape index (κ1) is 14.9. The third kappa shape index (κ3) is 3.04. The normalized spacial score (nSPS) is 27.7. The first-order valence-electron chi connectivity index (χ1n) is 7.91. The minimum absolute atomic E-state index is 0.0159. The Hall–Kier alpha value is -1.70. The van der Waals surface area contributed by atoms with Crippen molar-refractivity contribution in [3.05, 3.63) is 40.4 Å². The van der Waals surface area contributed by atoms with Crippen molar-refractivity contribution in [1.82, 2.24) is 15.4 Å². The molecule has 3 atom stereocenters. The molecule has 0 spiro atoms. The number of carbonyl (C=O) groups excluding carboxylic acids is 1. The van der Waals surface area contributed by atoms with Crippen molar-refractivity contribution in [3.63, 3.8) is 0 Å². The van der Waals surface area contributed by atoms with Gasteiger partial charge in [-0.1, -0.05) is 11.2 Å². The molecule has 0 bridgehead atoms. The van der Waals surface area contributed by atoms with Crippen molar-refractivity contribution in [3.8, 4) is 0 Å². The molecule has 23 heavy (non-hydrogen) atoms. The Kier molecular flexibility index (Phi) is 4.15. The Morgan fingerprint density at radius 2 is 2.43 bits per heavy atom. The molecule has 2 aliphatic heterocycles. The Morgan fingerprint density at radius 1 is 1.48 bits per heavy atom. The van der Waals surface area contributed by atoms with Gasteiger partial charge >= 0.3 is 0 Å². The lowest BCUT2D eigenvalue weighted by Gasteiger charge is -2.32. The van der Waals surface area contributed by atoms with Gasteiger partial charge in [0.05, 0.1) is 18.3 Å². The van der Waals surface area contributed by atoms with Crippen molar-refractivity contribution in [2.24, 2.45) is 0 Å². The molecule has 4 rings (SSSR count). The van der Waals surface area contributed by atoms with Crippen molar-refractivity contribution in [2.45, 2.75) is 37.6 Å². The largest absolute Gasteiger partial charge is 0.374 e. The molecular formula is C16H19N3O3S. The summed E-state index contributed by atoms with van der Waals surface area (Å²) in [5, 5.41) is 8.74. The molecule has 0 aliphatic carbocycles. The Balaban J connectivity index is 1.47. The Bertz CT molecular complexity index is 644. The summed E-state index contributed by atoms with van der Waals surface area (Å²) < 4.78 is 10.9. The van der Waals surface area contributed by atoms with Crippen LogP contribution in [-0.4, -0.2) is 47.3 Å². The smallest absolute Gasteiger partial charge is 0.290 e. The average Bonchev–Trinajstić information content (AvgIpc) is 3.30. The van der Waals surface area contributed by atoms with Gasteiger partial charge in [0, 0.05) is 36.7 Å². The van der Waals surface area contributed by atoms with E-state index in [4.69, 9.17) is 9.26 Å². The van der Waals surface area contributed by atoms with Gasteiger partial charge in [-0.25, -0.2) is 0 Å². The highest BCUT2D eigenvalue weighted by Crippen LogP contribution is 2.31. The molecule has 1 N–H and O–H groups in total. The molecule has 2 aliphatic rings. The van der Waals surface area contributed by atoms with Crippen LogP contribution in [0, 0.1) is 0 Å². The van der Waals surface area contributed by atoms with Gasteiger partial charge in [0.25, 0.3) is 5.91 Å². The van der Waals surface area contributed by atoms with Gasteiger partial charge < -0.3 is 14.6 Å². The summed E-state index contributed by atoms with van der Waals surface area (Å²) in [6, 6.07) is 6.16. The monoisotopic (exact) mass is 333 g/mol. The van der Waals surface area contributed by atoms with Gasteiger partial charge in [-0.05, 0) is 24.3 Å². The number of fused-ring (bicyclic) bond motifs is 1. The van der Waals surface area contributed by atoms with Crippen LogP contribution in [0.15, 0.2) is 34.3 Å². The summed E-state index contributed by atoms with van der Waals surface area (Å²) in [6.07, 6.45) is 3.72. The van der Waals surface area contributed by atoms with Crippen LogP contribution in [0.4, 0.5) is 0 Å². The van der Waals surface area contributed by atoms with E-state index in [2.05, 4.69) is 32.9 Å².